The lowest BCUT2D eigenvalue weighted by Gasteiger charge is -2.45. The summed E-state index contributed by atoms with van der Waals surface area (Å²) in [6, 6.07) is 0.264. The largest absolute Gasteiger partial charge is 0.487 e. The van der Waals surface area contributed by atoms with Crippen molar-refractivity contribution < 1.29 is 40.6 Å². The molecule has 0 saturated carbocycles. The molecule has 0 aromatic carbocycles. The van der Waals surface area contributed by atoms with E-state index < -0.39 is 35.1 Å². The second-order valence-corrected chi connectivity index (χ2v) is 9.46. The van der Waals surface area contributed by atoms with Gasteiger partial charge in [-0.05, 0) is 12.5 Å². The van der Waals surface area contributed by atoms with Crippen molar-refractivity contribution in [2.75, 3.05) is 55.8 Å². The molecule has 2 fully saturated rings. The molecule has 10 nitrogen and oxygen atoms in total. The number of carbonyl (C=O) groups excluding carboxylic acids is 1. The molecule has 16 heteroatoms. The first-order chi connectivity index (χ1) is 18.4. The Morgan fingerprint density at radius 3 is 2.59 bits per heavy atom. The van der Waals surface area contributed by atoms with Gasteiger partial charge < -0.3 is 24.2 Å². The highest BCUT2D eigenvalue weighted by atomic mass is 19.4. The van der Waals surface area contributed by atoms with Crippen molar-refractivity contribution >= 4 is 17.4 Å². The van der Waals surface area contributed by atoms with E-state index in [-0.39, 0.29) is 49.6 Å². The van der Waals surface area contributed by atoms with Gasteiger partial charge in [-0.25, -0.2) is 10.1 Å². The van der Waals surface area contributed by atoms with E-state index >= 15 is 0 Å². The second-order valence-electron chi connectivity index (χ2n) is 9.46. The van der Waals surface area contributed by atoms with Gasteiger partial charge in [-0.3, -0.25) is 9.59 Å². The standard InChI is InChI=1S/C23H24F6N6O4/c24-22(25,26)13-7-17-20(30-8-13)35-5-4-33(10-15(35)12-39-17)18(36)2-6-38-11-14-1-3-34(14)16-9-31-32-21(37)19(16)23(27,28)29/h7-9,14-15H,1-6,10-12H2,(H,32,37)/t14-,15-/m0/s1. The summed E-state index contributed by atoms with van der Waals surface area (Å²) in [4.78, 5) is 33.3. The molecule has 0 spiro atoms. The van der Waals surface area contributed by atoms with Gasteiger partial charge in [0.1, 0.15) is 12.2 Å². The van der Waals surface area contributed by atoms with Gasteiger partial charge in [-0.1, -0.05) is 0 Å². The number of piperazine rings is 1. The number of nitrogens with zero attached hydrogens (tertiary/aromatic N) is 5. The number of anilines is 2. The van der Waals surface area contributed by atoms with Gasteiger partial charge in [-0.15, -0.1) is 0 Å². The normalized spacial score (nSPS) is 21.1. The quantitative estimate of drug-likeness (QED) is 0.423. The van der Waals surface area contributed by atoms with Crippen LogP contribution in [0.3, 0.4) is 0 Å². The maximum Gasteiger partial charge on any atom is 0.423 e. The van der Waals surface area contributed by atoms with Crippen LogP contribution in [0.5, 0.6) is 5.75 Å². The van der Waals surface area contributed by atoms with Crippen LogP contribution in [0, 0.1) is 0 Å². The number of amides is 1. The third-order valence-electron chi connectivity index (χ3n) is 7.04. The van der Waals surface area contributed by atoms with E-state index in [0.717, 1.165) is 18.5 Å². The van der Waals surface area contributed by atoms with Crippen molar-refractivity contribution in [1.29, 1.82) is 0 Å². The summed E-state index contributed by atoms with van der Waals surface area (Å²) >= 11 is 0. The number of fused-ring (bicyclic) bond motifs is 3. The Kier molecular flexibility index (Phi) is 7.07. The zero-order chi connectivity index (χ0) is 27.9. The maximum atomic E-state index is 13.4. The Morgan fingerprint density at radius 2 is 1.90 bits per heavy atom. The fraction of sp³-hybridized carbons (Fsp3) is 0.565. The van der Waals surface area contributed by atoms with Crippen LogP contribution in [0.15, 0.2) is 23.3 Å². The Balaban J connectivity index is 1.10. The summed E-state index contributed by atoms with van der Waals surface area (Å²) in [5.41, 5.74) is -3.82. The minimum Gasteiger partial charge on any atom is -0.487 e. The molecule has 5 rings (SSSR count). The first kappa shape index (κ1) is 27.0. The SMILES string of the molecule is O=C(CCOC[C@@H]1CCN1c1cn[nH]c(=O)c1C(F)(F)F)N1CCN2c3ncc(C(F)(F)F)cc3OC[C@@H]2C1. The van der Waals surface area contributed by atoms with Crippen molar-refractivity contribution in [2.45, 2.75) is 37.3 Å². The van der Waals surface area contributed by atoms with Gasteiger partial charge in [0.25, 0.3) is 5.56 Å². The lowest BCUT2D eigenvalue weighted by Crippen LogP contribution is -2.58. The number of rotatable bonds is 6. The molecular weight excluding hydrogens is 538 g/mol. The number of nitrogens with one attached hydrogen (secondary N) is 1. The molecule has 1 N–H and O–H groups in total. The van der Waals surface area contributed by atoms with Gasteiger partial charge in [0.05, 0.1) is 49.2 Å². The van der Waals surface area contributed by atoms with Crippen molar-refractivity contribution in [3.05, 3.63) is 39.9 Å². The van der Waals surface area contributed by atoms with E-state index in [4.69, 9.17) is 9.47 Å². The molecule has 212 valence electrons. The zero-order valence-electron chi connectivity index (χ0n) is 20.4. The number of ether oxygens (including phenoxy) is 2. The Morgan fingerprint density at radius 1 is 1.10 bits per heavy atom. The van der Waals surface area contributed by atoms with Crippen molar-refractivity contribution in [1.82, 2.24) is 20.1 Å². The molecule has 0 unspecified atom stereocenters. The first-order valence-electron chi connectivity index (χ1n) is 12.2. The van der Waals surface area contributed by atoms with Crippen LogP contribution < -0.4 is 20.1 Å². The molecule has 39 heavy (non-hydrogen) atoms. The van der Waals surface area contributed by atoms with E-state index in [1.807, 2.05) is 10.00 Å². The Hall–Kier alpha value is -3.56. The summed E-state index contributed by atoms with van der Waals surface area (Å²) in [5, 5.41) is 5.30. The molecule has 0 bridgehead atoms. The summed E-state index contributed by atoms with van der Waals surface area (Å²) in [6.07, 6.45) is -7.03. The number of pyridine rings is 1. The summed E-state index contributed by atoms with van der Waals surface area (Å²) in [7, 11) is 0. The number of H-pyrrole nitrogens is 1. The zero-order valence-corrected chi connectivity index (χ0v) is 20.4. The lowest BCUT2D eigenvalue weighted by molar-refractivity contribution is -0.139. The Labute approximate surface area is 217 Å². The number of halogens is 6. The van der Waals surface area contributed by atoms with Gasteiger partial charge in [0.2, 0.25) is 5.91 Å². The molecule has 1 amide bonds. The fourth-order valence-corrected chi connectivity index (χ4v) is 4.95. The topological polar surface area (TPSA) is 104 Å². The highest BCUT2D eigenvalue weighted by Gasteiger charge is 2.42. The summed E-state index contributed by atoms with van der Waals surface area (Å²) in [5.74, 6) is 0.172. The lowest BCUT2D eigenvalue weighted by atomic mass is 10.0. The minimum atomic E-state index is -4.84. The highest BCUT2D eigenvalue weighted by Crippen LogP contribution is 2.39. The molecule has 2 saturated heterocycles. The fourth-order valence-electron chi connectivity index (χ4n) is 4.95. The van der Waals surface area contributed by atoms with E-state index in [2.05, 4.69) is 10.1 Å². The Bertz CT molecular complexity index is 1280. The first-order valence-corrected chi connectivity index (χ1v) is 12.2. The van der Waals surface area contributed by atoms with Gasteiger partial charge in [0, 0.05) is 32.4 Å². The molecule has 2 aromatic rings. The summed E-state index contributed by atoms with van der Waals surface area (Å²) in [6.45, 7) is 1.54. The predicted octanol–water partition coefficient (Wildman–Crippen LogP) is 2.30. The maximum absolute atomic E-state index is 13.4. The van der Waals surface area contributed by atoms with Crippen molar-refractivity contribution in [2.24, 2.45) is 0 Å². The van der Waals surface area contributed by atoms with Crippen LogP contribution in [0.2, 0.25) is 0 Å². The smallest absolute Gasteiger partial charge is 0.423 e. The van der Waals surface area contributed by atoms with Gasteiger partial charge in [0.15, 0.2) is 11.6 Å². The average Bonchev–Trinajstić information content (AvgIpc) is 2.85. The molecule has 5 heterocycles. The molecule has 2 atom stereocenters. The number of hydrogen-bond donors (Lipinski definition) is 1. The van der Waals surface area contributed by atoms with Crippen LogP contribution in [-0.4, -0.2) is 84.1 Å². The minimum absolute atomic E-state index is 0.0461. The molecule has 0 aliphatic carbocycles. The molecule has 2 aromatic heterocycles. The second kappa shape index (κ2) is 10.2. The van der Waals surface area contributed by atoms with E-state index in [1.54, 1.807) is 4.90 Å². The predicted molar refractivity (Wildman–Crippen MR) is 123 cm³/mol. The van der Waals surface area contributed by atoms with Crippen LogP contribution in [0.25, 0.3) is 0 Å². The molecule has 0 radical (unpaired) electrons. The van der Waals surface area contributed by atoms with Crippen LogP contribution in [0.1, 0.15) is 24.0 Å². The van der Waals surface area contributed by atoms with Crippen molar-refractivity contribution in [3.63, 3.8) is 0 Å². The van der Waals surface area contributed by atoms with Gasteiger partial charge in [-0.2, -0.15) is 31.4 Å². The number of carbonyl (C=O) groups is 1. The van der Waals surface area contributed by atoms with E-state index in [0.29, 0.717) is 38.4 Å². The number of aromatic amines is 1. The number of hydrogen-bond acceptors (Lipinski definition) is 8. The third-order valence-corrected chi connectivity index (χ3v) is 7.04. The van der Waals surface area contributed by atoms with Crippen molar-refractivity contribution in [3.8, 4) is 5.75 Å². The van der Waals surface area contributed by atoms with Crippen LogP contribution in [-0.2, 0) is 21.9 Å². The average molecular weight is 562 g/mol. The van der Waals surface area contributed by atoms with Crippen LogP contribution in [0.4, 0.5) is 37.8 Å². The highest BCUT2D eigenvalue weighted by molar-refractivity contribution is 5.77. The monoisotopic (exact) mass is 562 g/mol. The molecular formula is C23H24F6N6O4. The number of aromatic nitrogens is 3. The molecule has 3 aliphatic rings. The summed E-state index contributed by atoms with van der Waals surface area (Å²) < 4.78 is 90.1. The molecule has 3 aliphatic heterocycles. The van der Waals surface area contributed by atoms with E-state index in [9.17, 15) is 35.9 Å². The number of alkyl halides is 6. The van der Waals surface area contributed by atoms with Crippen LogP contribution >= 0.6 is 0 Å². The third kappa shape index (κ3) is 5.46. The van der Waals surface area contributed by atoms with Gasteiger partial charge >= 0.3 is 12.4 Å². The van der Waals surface area contributed by atoms with E-state index in [1.165, 1.54) is 4.90 Å².